The summed E-state index contributed by atoms with van der Waals surface area (Å²) in [7, 11) is 0. The number of hydrogen-bond acceptors (Lipinski definition) is 2. The van der Waals surface area contributed by atoms with E-state index < -0.39 is 0 Å². The smallest absolute Gasteiger partial charge is 0.222 e. The third-order valence-electron chi connectivity index (χ3n) is 1.75. The predicted molar refractivity (Wildman–Crippen MR) is 65.9 cm³/mol. The van der Waals surface area contributed by atoms with Crippen LogP contribution in [0.4, 0.5) is 0 Å². The quantitative estimate of drug-likeness (QED) is 0.553. The average molecular weight is 225 g/mol. The lowest BCUT2D eigenvalue weighted by molar-refractivity contribution is -0.122. The average Bonchev–Trinajstić information content (AvgIpc) is 2.19. The first-order valence-corrected chi connectivity index (χ1v) is 5.85. The molecule has 0 heterocycles. The second kappa shape index (κ2) is 9.23. The normalized spacial score (nSPS) is 10.1. The van der Waals surface area contributed by atoms with Crippen LogP contribution in [0.25, 0.3) is 0 Å². The van der Waals surface area contributed by atoms with E-state index in [1.54, 1.807) is 0 Å². The van der Waals surface area contributed by atoms with Gasteiger partial charge in [0.05, 0.1) is 13.0 Å². The van der Waals surface area contributed by atoms with Crippen LogP contribution in [-0.2, 0) is 9.53 Å². The minimum absolute atomic E-state index is 0.0468. The Bertz CT molecular complexity index is 248. The van der Waals surface area contributed by atoms with Crippen molar-refractivity contribution in [3.05, 3.63) is 0 Å². The Labute approximate surface area is 98.9 Å². The number of carbonyl (C=O) groups excluding carboxylic acids is 1. The first kappa shape index (κ1) is 15.0. The summed E-state index contributed by atoms with van der Waals surface area (Å²) in [6, 6.07) is 0. The monoisotopic (exact) mass is 225 g/mol. The maximum Gasteiger partial charge on any atom is 0.222 e. The first-order valence-electron chi connectivity index (χ1n) is 5.85. The largest absolute Gasteiger partial charge is 0.368 e. The summed E-state index contributed by atoms with van der Waals surface area (Å²) in [6.45, 7) is 9.79. The van der Waals surface area contributed by atoms with E-state index in [1.807, 2.05) is 13.8 Å². The van der Waals surface area contributed by atoms with Crippen molar-refractivity contribution in [1.29, 1.82) is 0 Å². The summed E-state index contributed by atoms with van der Waals surface area (Å²) in [5.74, 6) is 6.81. The molecule has 1 amide bonds. The van der Waals surface area contributed by atoms with Gasteiger partial charge in [0.2, 0.25) is 5.91 Å². The number of rotatable bonds is 6. The Kier molecular flexibility index (Phi) is 8.65. The molecule has 92 valence electrons. The van der Waals surface area contributed by atoms with Gasteiger partial charge in [0.25, 0.3) is 0 Å². The predicted octanol–water partition coefficient (Wildman–Crippen LogP) is 1.82. The van der Waals surface area contributed by atoms with Gasteiger partial charge >= 0.3 is 0 Å². The fourth-order valence-corrected chi connectivity index (χ4v) is 0.940. The number of nitrogens with one attached hydrogen (secondary N) is 1. The van der Waals surface area contributed by atoms with Crippen LogP contribution in [0.2, 0.25) is 0 Å². The van der Waals surface area contributed by atoms with Gasteiger partial charge in [-0.15, -0.1) is 0 Å². The summed E-state index contributed by atoms with van der Waals surface area (Å²) in [6.07, 6.45) is 0.413. The molecule has 0 aliphatic carbocycles. The summed E-state index contributed by atoms with van der Waals surface area (Å²) in [5.41, 5.74) is 0. The van der Waals surface area contributed by atoms with Gasteiger partial charge in [0.1, 0.15) is 6.61 Å². The second-order valence-corrected chi connectivity index (χ2v) is 4.48. The molecular weight excluding hydrogens is 202 g/mol. The molecule has 0 radical (unpaired) electrons. The zero-order valence-electron chi connectivity index (χ0n) is 10.8. The van der Waals surface area contributed by atoms with E-state index in [-0.39, 0.29) is 5.91 Å². The molecule has 3 heteroatoms. The Balaban J connectivity index is 3.39. The molecule has 0 saturated carbocycles. The third-order valence-corrected chi connectivity index (χ3v) is 1.75. The van der Waals surface area contributed by atoms with E-state index in [9.17, 15) is 4.79 Å². The Morgan fingerprint density at radius 3 is 2.56 bits per heavy atom. The summed E-state index contributed by atoms with van der Waals surface area (Å²) in [5, 5.41) is 2.84. The molecule has 3 nitrogen and oxygen atoms in total. The minimum Gasteiger partial charge on any atom is -0.368 e. The van der Waals surface area contributed by atoms with Crippen molar-refractivity contribution in [3.63, 3.8) is 0 Å². The Morgan fingerprint density at radius 1 is 1.31 bits per heavy atom. The summed E-state index contributed by atoms with van der Waals surface area (Å²) in [4.78, 5) is 11.3. The lowest BCUT2D eigenvalue weighted by atomic mass is 10.2. The number of ether oxygens (including phenoxy) is 1. The van der Waals surface area contributed by atoms with Crippen molar-refractivity contribution in [2.75, 3.05) is 19.8 Å². The van der Waals surface area contributed by atoms with E-state index in [4.69, 9.17) is 4.74 Å². The van der Waals surface area contributed by atoms with Gasteiger partial charge in [-0.2, -0.15) is 0 Å². The summed E-state index contributed by atoms with van der Waals surface area (Å²) >= 11 is 0. The Hall–Kier alpha value is -1.01. The van der Waals surface area contributed by atoms with Crippen LogP contribution < -0.4 is 5.32 Å². The maximum absolute atomic E-state index is 11.3. The molecule has 0 aromatic rings. The zero-order valence-corrected chi connectivity index (χ0v) is 10.8. The molecule has 0 fully saturated rings. The van der Waals surface area contributed by atoms with Crippen LogP contribution in [0, 0.1) is 23.7 Å². The third kappa shape index (κ3) is 11.1. The van der Waals surface area contributed by atoms with Gasteiger partial charge < -0.3 is 10.1 Å². The highest BCUT2D eigenvalue weighted by atomic mass is 16.5. The number of carbonyl (C=O) groups is 1. The Morgan fingerprint density at radius 2 is 2.00 bits per heavy atom. The van der Waals surface area contributed by atoms with Crippen molar-refractivity contribution >= 4 is 5.91 Å². The molecule has 0 aliphatic rings. The molecule has 0 rings (SSSR count). The fourth-order valence-electron chi connectivity index (χ4n) is 0.940. The van der Waals surface area contributed by atoms with Crippen molar-refractivity contribution in [1.82, 2.24) is 5.32 Å². The van der Waals surface area contributed by atoms with E-state index >= 15 is 0 Å². The molecule has 0 bridgehead atoms. The van der Waals surface area contributed by atoms with Gasteiger partial charge in [-0.3, -0.25) is 4.79 Å². The first-order chi connectivity index (χ1) is 7.52. The molecule has 16 heavy (non-hydrogen) atoms. The lowest BCUT2D eigenvalue weighted by Gasteiger charge is -2.06. The van der Waals surface area contributed by atoms with E-state index in [1.165, 1.54) is 0 Å². The van der Waals surface area contributed by atoms with Crippen molar-refractivity contribution in [2.45, 2.75) is 34.1 Å². The molecule has 0 aromatic carbocycles. The molecule has 1 N–H and O–H groups in total. The lowest BCUT2D eigenvalue weighted by Crippen LogP contribution is -2.28. The topological polar surface area (TPSA) is 38.3 Å². The number of hydrogen-bond donors (Lipinski definition) is 1. The SMILES string of the molecule is CC(C)C#CCOCCC(=O)NCC(C)C. The van der Waals surface area contributed by atoms with Crippen molar-refractivity contribution in [2.24, 2.45) is 11.8 Å². The summed E-state index contributed by atoms with van der Waals surface area (Å²) < 4.78 is 5.23. The van der Waals surface area contributed by atoms with Crippen LogP contribution in [-0.4, -0.2) is 25.7 Å². The molecule has 0 saturated heterocycles. The van der Waals surface area contributed by atoms with E-state index in [2.05, 4.69) is 31.0 Å². The zero-order chi connectivity index (χ0) is 12.4. The molecule has 0 spiro atoms. The molecule has 0 aliphatic heterocycles. The van der Waals surface area contributed by atoms with Crippen molar-refractivity contribution in [3.8, 4) is 11.8 Å². The highest BCUT2D eigenvalue weighted by Gasteiger charge is 2.01. The molecule has 0 unspecified atom stereocenters. The van der Waals surface area contributed by atoms with Crippen LogP contribution in [0.5, 0.6) is 0 Å². The van der Waals surface area contributed by atoms with Crippen LogP contribution in [0.1, 0.15) is 34.1 Å². The van der Waals surface area contributed by atoms with Gasteiger partial charge in [0.15, 0.2) is 0 Å². The fraction of sp³-hybridized carbons (Fsp3) is 0.769. The highest BCUT2D eigenvalue weighted by molar-refractivity contribution is 5.75. The van der Waals surface area contributed by atoms with Gasteiger partial charge in [-0.1, -0.05) is 39.5 Å². The van der Waals surface area contributed by atoms with E-state index in [0.717, 1.165) is 6.54 Å². The van der Waals surface area contributed by atoms with Gasteiger partial charge in [0, 0.05) is 12.5 Å². The van der Waals surface area contributed by atoms with E-state index in [0.29, 0.717) is 31.5 Å². The van der Waals surface area contributed by atoms with Gasteiger partial charge in [-0.25, -0.2) is 0 Å². The number of amides is 1. The highest BCUT2D eigenvalue weighted by Crippen LogP contribution is 1.89. The standard InChI is InChI=1S/C13H23NO2/c1-11(2)6-5-8-16-9-7-13(15)14-10-12(3)4/h11-12H,7-10H2,1-4H3,(H,14,15). The molecule has 0 atom stereocenters. The molecule has 0 aromatic heterocycles. The second-order valence-electron chi connectivity index (χ2n) is 4.48. The maximum atomic E-state index is 11.3. The molecular formula is C13H23NO2. The van der Waals surface area contributed by atoms with Crippen LogP contribution >= 0.6 is 0 Å². The van der Waals surface area contributed by atoms with Crippen LogP contribution in [0.3, 0.4) is 0 Å². The van der Waals surface area contributed by atoms with Crippen molar-refractivity contribution < 1.29 is 9.53 Å². The minimum atomic E-state index is 0.0468. The van der Waals surface area contributed by atoms with Gasteiger partial charge in [-0.05, 0) is 5.92 Å². The van der Waals surface area contributed by atoms with Crippen LogP contribution in [0.15, 0.2) is 0 Å².